The number of benzene rings is 2. The Bertz CT molecular complexity index is 862. The molecule has 2 aromatic rings. The van der Waals surface area contributed by atoms with Crippen LogP contribution in [0.5, 0.6) is 5.75 Å². The summed E-state index contributed by atoms with van der Waals surface area (Å²) in [6.45, 7) is 2.81. The minimum Gasteiger partial charge on any atom is -0.494 e. The highest BCUT2D eigenvalue weighted by atomic mass is 16.6. The van der Waals surface area contributed by atoms with Gasteiger partial charge in [-0.1, -0.05) is 31.2 Å². The Labute approximate surface area is 152 Å². The SMILES string of the molecule is CCCOc1ccc2c(c1)C1C=CCC1C(c1cccc([N+](=O)[O-])c1)N2. The van der Waals surface area contributed by atoms with Crippen LogP contribution in [0.4, 0.5) is 11.4 Å². The smallest absolute Gasteiger partial charge is 0.269 e. The highest BCUT2D eigenvalue weighted by molar-refractivity contribution is 5.62. The molecule has 2 aliphatic rings. The molecule has 26 heavy (non-hydrogen) atoms. The lowest BCUT2D eigenvalue weighted by molar-refractivity contribution is -0.384. The lowest BCUT2D eigenvalue weighted by Crippen LogP contribution is -2.29. The van der Waals surface area contributed by atoms with Crippen molar-refractivity contribution in [1.82, 2.24) is 0 Å². The van der Waals surface area contributed by atoms with Gasteiger partial charge in [-0.25, -0.2) is 0 Å². The molecule has 0 bridgehead atoms. The van der Waals surface area contributed by atoms with Crippen LogP contribution in [0, 0.1) is 16.0 Å². The average Bonchev–Trinajstić information content (AvgIpc) is 3.16. The Morgan fingerprint density at radius 3 is 2.96 bits per heavy atom. The van der Waals surface area contributed by atoms with Gasteiger partial charge in [-0.15, -0.1) is 0 Å². The first-order chi connectivity index (χ1) is 12.7. The Morgan fingerprint density at radius 2 is 2.15 bits per heavy atom. The number of hydrogen-bond acceptors (Lipinski definition) is 4. The van der Waals surface area contributed by atoms with Crippen molar-refractivity contribution >= 4 is 11.4 Å². The van der Waals surface area contributed by atoms with E-state index in [-0.39, 0.29) is 16.7 Å². The predicted octanol–water partition coefficient (Wildman–Crippen LogP) is 5.21. The molecule has 1 heterocycles. The molecule has 4 rings (SSSR count). The Balaban J connectivity index is 1.69. The molecule has 1 N–H and O–H groups in total. The van der Waals surface area contributed by atoms with Crippen molar-refractivity contribution in [2.24, 2.45) is 5.92 Å². The topological polar surface area (TPSA) is 64.4 Å². The van der Waals surface area contributed by atoms with E-state index in [1.54, 1.807) is 18.2 Å². The van der Waals surface area contributed by atoms with E-state index in [1.165, 1.54) is 5.56 Å². The number of nitro benzene ring substituents is 1. The van der Waals surface area contributed by atoms with Crippen molar-refractivity contribution in [3.05, 3.63) is 75.9 Å². The quantitative estimate of drug-likeness (QED) is 0.457. The maximum atomic E-state index is 11.1. The van der Waals surface area contributed by atoms with Crippen LogP contribution in [0.3, 0.4) is 0 Å². The molecule has 0 amide bonds. The first-order valence-corrected chi connectivity index (χ1v) is 9.11. The van der Waals surface area contributed by atoms with Gasteiger partial charge in [-0.05, 0) is 48.1 Å². The fourth-order valence-corrected chi connectivity index (χ4v) is 4.04. The minimum absolute atomic E-state index is 0.0600. The van der Waals surface area contributed by atoms with Crippen molar-refractivity contribution < 1.29 is 9.66 Å². The van der Waals surface area contributed by atoms with Crippen LogP contribution in [0.2, 0.25) is 0 Å². The number of anilines is 1. The van der Waals surface area contributed by atoms with Crippen LogP contribution in [-0.2, 0) is 0 Å². The van der Waals surface area contributed by atoms with Gasteiger partial charge < -0.3 is 10.1 Å². The number of nitro groups is 1. The molecule has 2 aromatic carbocycles. The van der Waals surface area contributed by atoms with Crippen molar-refractivity contribution in [3.8, 4) is 5.75 Å². The maximum absolute atomic E-state index is 11.1. The van der Waals surface area contributed by atoms with E-state index in [1.807, 2.05) is 12.1 Å². The molecular weight excluding hydrogens is 328 g/mol. The number of nitrogens with zero attached hydrogens (tertiary/aromatic N) is 1. The van der Waals surface area contributed by atoms with Gasteiger partial charge in [0.1, 0.15) is 5.75 Å². The molecule has 0 aromatic heterocycles. The molecule has 0 saturated heterocycles. The largest absolute Gasteiger partial charge is 0.494 e. The molecular formula is C21H22N2O3. The molecule has 1 aliphatic carbocycles. The van der Waals surface area contributed by atoms with Crippen molar-refractivity contribution in [2.75, 3.05) is 11.9 Å². The summed E-state index contributed by atoms with van der Waals surface area (Å²) in [7, 11) is 0. The summed E-state index contributed by atoms with van der Waals surface area (Å²) in [5, 5.41) is 14.8. The zero-order valence-corrected chi connectivity index (χ0v) is 14.7. The normalized spacial score (nSPS) is 23.0. The third-order valence-corrected chi connectivity index (χ3v) is 5.25. The summed E-state index contributed by atoms with van der Waals surface area (Å²) < 4.78 is 5.80. The van der Waals surface area contributed by atoms with Gasteiger partial charge in [0, 0.05) is 23.7 Å². The number of ether oxygens (including phenoxy) is 1. The summed E-state index contributed by atoms with van der Waals surface area (Å²) >= 11 is 0. The van der Waals surface area contributed by atoms with E-state index >= 15 is 0 Å². The molecule has 5 heteroatoms. The molecule has 1 aliphatic heterocycles. The van der Waals surface area contributed by atoms with Gasteiger partial charge in [-0.3, -0.25) is 10.1 Å². The van der Waals surface area contributed by atoms with Crippen LogP contribution < -0.4 is 10.1 Å². The Morgan fingerprint density at radius 1 is 1.27 bits per heavy atom. The molecule has 134 valence electrons. The molecule has 3 unspecified atom stereocenters. The van der Waals surface area contributed by atoms with Crippen molar-refractivity contribution in [2.45, 2.75) is 31.7 Å². The van der Waals surface area contributed by atoms with Gasteiger partial charge in [0.15, 0.2) is 0 Å². The average molecular weight is 350 g/mol. The number of nitrogens with one attached hydrogen (secondary N) is 1. The van der Waals surface area contributed by atoms with E-state index in [4.69, 9.17) is 4.74 Å². The molecule has 0 radical (unpaired) electrons. The van der Waals surface area contributed by atoms with Gasteiger partial charge in [0.25, 0.3) is 5.69 Å². The first-order valence-electron chi connectivity index (χ1n) is 9.11. The zero-order chi connectivity index (χ0) is 18.1. The van der Waals surface area contributed by atoms with Crippen LogP contribution in [0.25, 0.3) is 0 Å². The number of rotatable bonds is 5. The lowest BCUT2D eigenvalue weighted by Gasteiger charge is -2.37. The summed E-state index contributed by atoms with van der Waals surface area (Å²) in [6, 6.07) is 13.2. The third-order valence-electron chi connectivity index (χ3n) is 5.25. The monoisotopic (exact) mass is 350 g/mol. The van der Waals surface area contributed by atoms with E-state index < -0.39 is 0 Å². The second-order valence-corrected chi connectivity index (χ2v) is 6.93. The second-order valence-electron chi connectivity index (χ2n) is 6.93. The number of allylic oxidation sites excluding steroid dienone is 2. The molecule has 3 atom stereocenters. The minimum atomic E-state index is -0.331. The zero-order valence-electron chi connectivity index (χ0n) is 14.7. The predicted molar refractivity (Wildman–Crippen MR) is 102 cm³/mol. The molecule has 0 spiro atoms. The number of hydrogen-bond donors (Lipinski definition) is 1. The fourth-order valence-electron chi connectivity index (χ4n) is 4.04. The highest BCUT2D eigenvalue weighted by Crippen LogP contribution is 2.50. The Hall–Kier alpha value is -2.82. The first kappa shape index (κ1) is 16.6. The summed E-state index contributed by atoms with van der Waals surface area (Å²) in [6.07, 6.45) is 6.43. The molecule has 0 fully saturated rings. The van der Waals surface area contributed by atoms with Crippen LogP contribution in [-0.4, -0.2) is 11.5 Å². The third kappa shape index (κ3) is 2.94. The van der Waals surface area contributed by atoms with E-state index in [0.29, 0.717) is 18.4 Å². The summed E-state index contributed by atoms with van der Waals surface area (Å²) in [4.78, 5) is 10.8. The van der Waals surface area contributed by atoms with Gasteiger partial charge >= 0.3 is 0 Å². The Kier molecular flexibility index (Phi) is 4.37. The van der Waals surface area contributed by atoms with E-state index in [9.17, 15) is 10.1 Å². The van der Waals surface area contributed by atoms with Crippen LogP contribution >= 0.6 is 0 Å². The number of non-ortho nitro benzene ring substituents is 1. The van der Waals surface area contributed by atoms with Crippen LogP contribution in [0.15, 0.2) is 54.6 Å². The molecule has 0 saturated carbocycles. The van der Waals surface area contributed by atoms with Crippen molar-refractivity contribution in [1.29, 1.82) is 0 Å². The second kappa shape index (κ2) is 6.83. The van der Waals surface area contributed by atoms with E-state index in [0.717, 1.165) is 29.8 Å². The van der Waals surface area contributed by atoms with Crippen molar-refractivity contribution in [3.63, 3.8) is 0 Å². The highest BCUT2D eigenvalue weighted by Gasteiger charge is 2.38. The standard InChI is InChI=1S/C21H22N2O3/c1-2-11-26-16-9-10-20-19(13-16)17-7-4-8-18(17)21(22-20)14-5-3-6-15(12-14)23(24)25/h3-7,9-10,12-13,17-18,21-22H,2,8,11H2,1H3. The lowest BCUT2D eigenvalue weighted by atomic mass is 9.77. The van der Waals surface area contributed by atoms with Crippen LogP contribution in [0.1, 0.15) is 42.9 Å². The van der Waals surface area contributed by atoms with Gasteiger partial charge in [-0.2, -0.15) is 0 Å². The maximum Gasteiger partial charge on any atom is 0.269 e. The summed E-state index contributed by atoms with van der Waals surface area (Å²) in [5.41, 5.74) is 3.44. The van der Waals surface area contributed by atoms with Gasteiger partial charge in [0.2, 0.25) is 0 Å². The molecule has 5 nitrogen and oxygen atoms in total. The fraction of sp³-hybridized carbons (Fsp3) is 0.333. The van der Waals surface area contributed by atoms with Gasteiger partial charge in [0.05, 0.1) is 17.6 Å². The number of fused-ring (bicyclic) bond motifs is 3. The van der Waals surface area contributed by atoms with E-state index in [2.05, 4.69) is 36.5 Å². The summed E-state index contributed by atoms with van der Waals surface area (Å²) in [5.74, 6) is 1.56.